The van der Waals surface area contributed by atoms with Crippen LogP contribution in [0.4, 0.5) is 0 Å². The van der Waals surface area contributed by atoms with Gasteiger partial charge >= 0.3 is 0 Å². The first kappa shape index (κ1) is 18.9. The van der Waals surface area contributed by atoms with Gasteiger partial charge in [-0.15, -0.1) is 11.8 Å². The molecule has 9 heteroatoms. The molecule has 1 amide bonds. The van der Waals surface area contributed by atoms with Gasteiger partial charge in [-0.2, -0.15) is 0 Å². The Morgan fingerprint density at radius 1 is 1.42 bits per heavy atom. The Hall–Kier alpha value is -1.87. The highest BCUT2D eigenvalue weighted by Crippen LogP contribution is 2.28. The van der Waals surface area contributed by atoms with Crippen LogP contribution in [0.25, 0.3) is 0 Å². The topological polar surface area (TPSA) is 93.4 Å². The number of rotatable bonds is 5. The molecule has 0 aromatic carbocycles. The van der Waals surface area contributed by atoms with Gasteiger partial charge in [0.1, 0.15) is 10.8 Å². The van der Waals surface area contributed by atoms with E-state index in [2.05, 4.69) is 10.1 Å². The lowest BCUT2D eigenvalue weighted by molar-refractivity contribution is 0.0743. The summed E-state index contributed by atoms with van der Waals surface area (Å²) in [4.78, 5) is 18.8. The lowest BCUT2D eigenvalue weighted by Gasteiger charge is -2.24. The summed E-state index contributed by atoms with van der Waals surface area (Å²) in [6, 6.07) is 3.16. The SMILES string of the molecule is Cc1noc(C)c1CSc1ncccc1C(=O)N(C)C1CCS(=O)(=O)C1. The van der Waals surface area contributed by atoms with E-state index in [1.807, 2.05) is 13.8 Å². The van der Waals surface area contributed by atoms with Crippen LogP contribution < -0.4 is 0 Å². The normalized spacial score (nSPS) is 18.8. The molecule has 1 atom stereocenters. The van der Waals surface area contributed by atoms with Gasteiger partial charge in [-0.3, -0.25) is 4.79 Å². The van der Waals surface area contributed by atoms with Crippen molar-refractivity contribution in [3.05, 3.63) is 40.9 Å². The van der Waals surface area contributed by atoms with Gasteiger partial charge in [0, 0.05) is 30.6 Å². The number of carbonyl (C=O) groups is 1. The minimum atomic E-state index is -3.05. The fourth-order valence-electron chi connectivity index (χ4n) is 2.95. The van der Waals surface area contributed by atoms with Crippen molar-refractivity contribution in [2.24, 2.45) is 0 Å². The van der Waals surface area contributed by atoms with Crippen molar-refractivity contribution in [1.29, 1.82) is 0 Å². The third kappa shape index (κ3) is 3.93. The third-order valence-corrected chi connectivity index (χ3v) is 7.39. The smallest absolute Gasteiger partial charge is 0.256 e. The van der Waals surface area contributed by atoms with Crippen LogP contribution in [0.2, 0.25) is 0 Å². The van der Waals surface area contributed by atoms with E-state index in [-0.39, 0.29) is 23.5 Å². The predicted molar refractivity (Wildman–Crippen MR) is 98.9 cm³/mol. The van der Waals surface area contributed by atoms with Gasteiger partial charge in [-0.05, 0) is 32.4 Å². The first-order valence-electron chi connectivity index (χ1n) is 8.25. The first-order chi connectivity index (χ1) is 12.3. The molecule has 0 saturated carbocycles. The number of hydrogen-bond acceptors (Lipinski definition) is 7. The Bertz CT molecular complexity index is 904. The standard InChI is InChI=1S/C17H21N3O4S2/c1-11-15(12(2)24-19-11)9-25-16-14(5-4-7-18-16)17(21)20(3)13-6-8-26(22,23)10-13/h4-5,7,13H,6,8-10H2,1-3H3. The predicted octanol–water partition coefficient (Wildman–Crippen LogP) is 2.24. The van der Waals surface area contributed by atoms with E-state index >= 15 is 0 Å². The highest BCUT2D eigenvalue weighted by atomic mass is 32.2. The lowest BCUT2D eigenvalue weighted by Crippen LogP contribution is -2.38. The molecule has 26 heavy (non-hydrogen) atoms. The van der Waals surface area contributed by atoms with Crippen molar-refractivity contribution in [3.8, 4) is 0 Å². The lowest BCUT2D eigenvalue weighted by atomic mass is 10.2. The quantitative estimate of drug-likeness (QED) is 0.717. The number of carbonyl (C=O) groups excluding carboxylic acids is 1. The zero-order valence-electron chi connectivity index (χ0n) is 14.9. The molecule has 0 aliphatic carbocycles. The monoisotopic (exact) mass is 395 g/mol. The molecule has 7 nitrogen and oxygen atoms in total. The number of aromatic nitrogens is 2. The molecule has 1 aliphatic heterocycles. The molecule has 0 radical (unpaired) electrons. The molecule has 3 heterocycles. The average Bonchev–Trinajstić information content (AvgIpc) is 3.14. The molecule has 1 saturated heterocycles. The van der Waals surface area contributed by atoms with Crippen LogP contribution in [0.3, 0.4) is 0 Å². The summed E-state index contributed by atoms with van der Waals surface area (Å²) in [6.45, 7) is 3.74. The number of hydrogen-bond donors (Lipinski definition) is 0. The molecule has 2 aromatic rings. The second-order valence-corrected chi connectivity index (χ2v) is 9.61. The van der Waals surface area contributed by atoms with E-state index in [4.69, 9.17) is 4.52 Å². The summed E-state index contributed by atoms with van der Waals surface area (Å²) in [6.07, 6.45) is 2.12. The van der Waals surface area contributed by atoms with Gasteiger partial charge in [0.15, 0.2) is 9.84 Å². The number of thioether (sulfide) groups is 1. The Balaban J connectivity index is 1.77. The summed E-state index contributed by atoms with van der Waals surface area (Å²) < 4.78 is 28.6. The van der Waals surface area contributed by atoms with Gasteiger partial charge in [-0.1, -0.05) is 5.16 Å². The van der Waals surface area contributed by atoms with Crippen LogP contribution in [-0.4, -0.2) is 54.0 Å². The van der Waals surface area contributed by atoms with E-state index in [0.29, 0.717) is 22.8 Å². The van der Waals surface area contributed by atoms with Crippen molar-refractivity contribution in [2.75, 3.05) is 18.6 Å². The summed E-state index contributed by atoms with van der Waals surface area (Å²) in [7, 11) is -1.39. The van der Waals surface area contributed by atoms with Gasteiger partial charge in [0.25, 0.3) is 5.91 Å². The molecule has 0 bridgehead atoms. The molecule has 3 rings (SSSR count). The van der Waals surface area contributed by atoms with E-state index in [1.54, 1.807) is 25.4 Å². The molecular formula is C17H21N3O4S2. The Morgan fingerprint density at radius 3 is 2.81 bits per heavy atom. The Kier molecular flexibility index (Phi) is 5.38. The second kappa shape index (κ2) is 7.40. The summed E-state index contributed by atoms with van der Waals surface area (Å²) in [5, 5.41) is 4.56. The van der Waals surface area contributed by atoms with Crippen LogP contribution in [0.5, 0.6) is 0 Å². The molecule has 1 aliphatic rings. The maximum absolute atomic E-state index is 12.9. The molecule has 1 unspecified atom stereocenters. The largest absolute Gasteiger partial charge is 0.361 e. The van der Waals surface area contributed by atoms with Gasteiger partial charge in [0.2, 0.25) is 0 Å². The van der Waals surface area contributed by atoms with Crippen molar-refractivity contribution in [3.63, 3.8) is 0 Å². The Morgan fingerprint density at radius 2 is 2.19 bits per heavy atom. The van der Waals surface area contributed by atoms with Crippen molar-refractivity contribution in [2.45, 2.75) is 37.1 Å². The van der Waals surface area contributed by atoms with Crippen LogP contribution in [0, 0.1) is 13.8 Å². The molecular weight excluding hydrogens is 374 g/mol. The molecule has 1 fully saturated rings. The fraction of sp³-hybridized carbons (Fsp3) is 0.471. The molecule has 2 aromatic heterocycles. The van der Waals surface area contributed by atoms with Crippen LogP contribution in [0.15, 0.2) is 27.9 Å². The summed E-state index contributed by atoms with van der Waals surface area (Å²) >= 11 is 1.44. The number of aryl methyl sites for hydroxylation is 2. The number of sulfone groups is 1. The minimum Gasteiger partial charge on any atom is -0.361 e. The van der Waals surface area contributed by atoms with Gasteiger partial charge in [-0.25, -0.2) is 13.4 Å². The first-order valence-corrected chi connectivity index (χ1v) is 11.1. The van der Waals surface area contributed by atoms with Crippen LogP contribution in [-0.2, 0) is 15.6 Å². The van der Waals surface area contributed by atoms with Crippen LogP contribution in [0.1, 0.15) is 33.8 Å². The summed E-state index contributed by atoms with van der Waals surface area (Å²) in [5.74, 6) is 1.31. The second-order valence-electron chi connectivity index (χ2n) is 6.42. The van der Waals surface area contributed by atoms with Crippen LogP contribution >= 0.6 is 11.8 Å². The zero-order chi connectivity index (χ0) is 18.9. The fourth-order valence-corrected chi connectivity index (χ4v) is 5.87. The van der Waals surface area contributed by atoms with Crippen molar-refractivity contribution < 1.29 is 17.7 Å². The van der Waals surface area contributed by atoms with Crippen molar-refractivity contribution in [1.82, 2.24) is 15.0 Å². The van der Waals surface area contributed by atoms with Crippen molar-refractivity contribution >= 4 is 27.5 Å². The third-order valence-electron chi connectivity index (χ3n) is 4.61. The summed E-state index contributed by atoms with van der Waals surface area (Å²) in [5.41, 5.74) is 2.30. The van der Waals surface area contributed by atoms with E-state index in [0.717, 1.165) is 17.0 Å². The highest BCUT2D eigenvalue weighted by molar-refractivity contribution is 7.98. The highest BCUT2D eigenvalue weighted by Gasteiger charge is 2.33. The van der Waals surface area contributed by atoms with E-state index in [9.17, 15) is 13.2 Å². The molecule has 140 valence electrons. The van der Waals surface area contributed by atoms with E-state index < -0.39 is 9.84 Å². The molecule has 0 N–H and O–H groups in total. The molecule has 0 spiro atoms. The van der Waals surface area contributed by atoms with Gasteiger partial charge < -0.3 is 9.42 Å². The maximum Gasteiger partial charge on any atom is 0.256 e. The average molecular weight is 396 g/mol. The van der Waals surface area contributed by atoms with Gasteiger partial charge in [0.05, 0.1) is 22.8 Å². The number of amides is 1. The Labute approximate surface area is 157 Å². The van der Waals surface area contributed by atoms with E-state index in [1.165, 1.54) is 16.7 Å². The minimum absolute atomic E-state index is 0.0249. The number of pyridine rings is 1. The maximum atomic E-state index is 12.9. The zero-order valence-corrected chi connectivity index (χ0v) is 16.6. The number of nitrogens with zero attached hydrogens (tertiary/aromatic N) is 3.